The van der Waals surface area contributed by atoms with Crippen LogP contribution >= 0.6 is 0 Å². The largest absolute Gasteiger partial charge is 0.447 e. The fourth-order valence-electron chi connectivity index (χ4n) is 2.24. The van der Waals surface area contributed by atoms with E-state index < -0.39 is 0 Å². The minimum absolute atomic E-state index is 0.107. The van der Waals surface area contributed by atoms with Gasteiger partial charge in [0.25, 0.3) is 0 Å². The molecule has 0 bridgehead atoms. The first-order valence-corrected chi connectivity index (χ1v) is 5.24. The van der Waals surface area contributed by atoms with Gasteiger partial charge in [0, 0.05) is 12.6 Å². The average Bonchev–Trinajstić information content (AvgIpc) is 2.31. The molecule has 0 aromatic heterocycles. The first-order valence-electron chi connectivity index (χ1n) is 5.24. The van der Waals surface area contributed by atoms with Crippen LogP contribution in [-0.4, -0.2) is 40.9 Å². The van der Waals surface area contributed by atoms with Crippen molar-refractivity contribution in [1.29, 1.82) is 0 Å². The van der Waals surface area contributed by atoms with Crippen LogP contribution in [0.3, 0.4) is 0 Å². The van der Waals surface area contributed by atoms with Crippen molar-refractivity contribution in [3.8, 4) is 0 Å². The molecule has 1 amide bonds. The van der Waals surface area contributed by atoms with Crippen LogP contribution in [0.4, 0.5) is 4.79 Å². The molecule has 1 saturated heterocycles. The van der Waals surface area contributed by atoms with Gasteiger partial charge in [0.2, 0.25) is 0 Å². The molecule has 1 aliphatic heterocycles. The molecule has 0 aromatic rings. The number of ether oxygens (including phenoxy) is 1. The molecule has 0 spiro atoms. The number of rotatable bonds is 3. The minimum Gasteiger partial charge on any atom is -0.447 e. The Bertz CT molecular complexity index is 240. The van der Waals surface area contributed by atoms with E-state index in [9.17, 15) is 4.79 Å². The zero-order valence-corrected chi connectivity index (χ0v) is 8.53. The molecule has 4 heteroatoms. The monoisotopic (exact) mass is 199 g/mol. The van der Waals surface area contributed by atoms with Crippen molar-refractivity contribution < 1.29 is 14.6 Å². The molecule has 1 atom stereocenters. The van der Waals surface area contributed by atoms with Crippen LogP contribution in [0, 0.1) is 0 Å². The van der Waals surface area contributed by atoms with Gasteiger partial charge >= 0.3 is 6.09 Å². The summed E-state index contributed by atoms with van der Waals surface area (Å²) in [7, 11) is 0. The predicted octanol–water partition coefficient (Wildman–Crippen LogP) is 1.13. The summed E-state index contributed by atoms with van der Waals surface area (Å²) in [5.41, 5.74) is -0.281. The van der Waals surface area contributed by atoms with Crippen LogP contribution in [0.2, 0.25) is 0 Å². The quantitative estimate of drug-likeness (QED) is 0.741. The number of hydrogen-bond donors (Lipinski definition) is 1. The lowest BCUT2D eigenvalue weighted by Crippen LogP contribution is -2.53. The van der Waals surface area contributed by atoms with Gasteiger partial charge in [-0.1, -0.05) is 0 Å². The fraction of sp³-hybridized carbons (Fsp3) is 0.900. The Hall–Kier alpha value is -0.770. The SMILES string of the molecule is CC1(CCO)COC(=O)N1C1CCC1. The second kappa shape index (κ2) is 3.42. The smallest absolute Gasteiger partial charge is 0.410 e. The molecule has 4 nitrogen and oxygen atoms in total. The number of nitrogens with zero attached hydrogens (tertiary/aromatic N) is 1. The van der Waals surface area contributed by atoms with Crippen LogP contribution in [0.5, 0.6) is 0 Å². The highest BCUT2D eigenvalue weighted by molar-refractivity contribution is 5.71. The number of carbonyl (C=O) groups is 1. The molecule has 2 aliphatic rings. The molecule has 1 unspecified atom stereocenters. The Labute approximate surface area is 83.8 Å². The summed E-state index contributed by atoms with van der Waals surface area (Å²) in [6.07, 6.45) is 3.76. The summed E-state index contributed by atoms with van der Waals surface area (Å²) in [6, 6.07) is 0.349. The summed E-state index contributed by atoms with van der Waals surface area (Å²) in [4.78, 5) is 13.4. The van der Waals surface area contributed by atoms with Gasteiger partial charge in [-0.25, -0.2) is 4.79 Å². The maximum atomic E-state index is 11.5. The topological polar surface area (TPSA) is 49.8 Å². The van der Waals surface area contributed by atoms with Crippen LogP contribution in [0.25, 0.3) is 0 Å². The van der Waals surface area contributed by atoms with Gasteiger partial charge in [0.05, 0.1) is 5.54 Å². The molecule has 0 radical (unpaired) electrons. The van der Waals surface area contributed by atoms with Crippen LogP contribution in [0.15, 0.2) is 0 Å². The van der Waals surface area contributed by atoms with E-state index in [2.05, 4.69) is 0 Å². The molecular formula is C10H17NO3. The van der Waals surface area contributed by atoms with Gasteiger partial charge in [-0.3, -0.25) is 4.90 Å². The van der Waals surface area contributed by atoms with Gasteiger partial charge in [-0.05, 0) is 32.6 Å². The van der Waals surface area contributed by atoms with Gasteiger partial charge in [-0.2, -0.15) is 0 Å². The predicted molar refractivity (Wildman–Crippen MR) is 50.9 cm³/mol. The molecule has 1 heterocycles. The summed E-state index contributed by atoms with van der Waals surface area (Å²) < 4.78 is 5.07. The molecule has 2 fully saturated rings. The third kappa shape index (κ3) is 1.38. The van der Waals surface area contributed by atoms with E-state index in [1.807, 2.05) is 11.8 Å². The second-order valence-corrected chi connectivity index (χ2v) is 4.48. The normalized spacial score (nSPS) is 33.0. The van der Waals surface area contributed by atoms with Gasteiger partial charge < -0.3 is 9.84 Å². The number of cyclic esters (lactones) is 1. The molecule has 1 saturated carbocycles. The zero-order valence-electron chi connectivity index (χ0n) is 8.53. The summed E-state index contributed by atoms with van der Waals surface area (Å²) in [6.45, 7) is 2.52. The Balaban J connectivity index is 2.11. The molecule has 1 N–H and O–H groups in total. The van der Waals surface area contributed by atoms with E-state index in [4.69, 9.17) is 9.84 Å². The van der Waals surface area contributed by atoms with Crippen molar-refractivity contribution in [1.82, 2.24) is 4.90 Å². The average molecular weight is 199 g/mol. The number of carbonyl (C=O) groups excluding carboxylic acids is 1. The first-order chi connectivity index (χ1) is 6.67. The standard InChI is InChI=1S/C10H17NO3/c1-10(5-6-12)7-14-9(13)11(10)8-3-2-4-8/h8,12H,2-7H2,1H3. The van der Waals surface area contributed by atoms with E-state index in [1.165, 1.54) is 6.42 Å². The number of hydrogen-bond acceptors (Lipinski definition) is 3. The maximum Gasteiger partial charge on any atom is 0.410 e. The van der Waals surface area contributed by atoms with E-state index in [0.717, 1.165) is 12.8 Å². The number of aliphatic hydroxyl groups excluding tert-OH is 1. The van der Waals surface area contributed by atoms with Gasteiger partial charge in [-0.15, -0.1) is 0 Å². The molecule has 1 aliphatic carbocycles. The van der Waals surface area contributed by atoms with Crippen LogP contribution in [0.1, 0.15) is 32.6 Å². The number of amides is 1. The van der Waals surface area contributed by atoms with Crippen molar-refractivity contribution in [3.63, 3.8) is 0 Å². The van der Waals surface area contributed by atoms with E-state index >= 15 is 0 Å². The highest BCUT2D eigenvalue weighted by Gasteiger charge is 2.47. The Morgan fingerprint density at radius 1 is 1.64 bits per heavy atom. The third-order valence-electron chi connectivity index (χ3n) is 3.38. The van der Waals surface area contributed by atoms with E-state index in [0.29, 0.717) is 19.1 Å². The lowest BCUT2D eigenvalue weighted by atomic mass is 9.87. The van der Waals surface area contributed by atoms with Gasteiger partial charge in [0.1, 0.15) is 6.61 Å². The Morgan fingerprint density at radius 2 is 2.36 bits per heavy atom. The summed E-state index contributed by atoms with van der Waals surface area (Å²) in [5.74, 6) is 0. The minimum atomic E-state index is -0.281. The summed E-state index contributed by atoms with van der Waals surface area (Å²) >= 11 is 0. The van der Waals surface area contributed by atoms with Crippen LogP contribution < -0.4 is 0 Å². The van der Waals surface area contributed by atoms with E-state index in [1.54, 1.807) is 0 Å². The third-order valence-corrected chi connectivity index (χ3v) is 3.38. The van der Waals surface area contributed by atoms with Crippen molar-refractivity contribution in [2.75, 3.05) is 13.2 Å². The van der Waals surface area contributed by atoms with Crippen LogP contribution in [-0.2, 0) is 4.74 Å². The Kier molecular flexibility index (Phi) is 2.39. The first kappa shape index (κ1) is 9.77. The maximum absolute atomic E-state index is 11.5. The molecular weight excluding hydrogens is 182 g/mol. The van der Waals surface area contributed by atoms with Crippen molar-refractivity contribution in [3.05, 3.63) is 0 Å². The van der Waals surface area contributed by atoms with Crippen molar-refractivity contribution >= 4 is 6.09 Å². The Morgan fingerprint density at radius 3 is 2.86 bits per heavy atom. The highest BCUT2D eigenvalue weighted by Crippen LogP contribution is 2.36. The molecule has 14 heavy (non-hydrogen) atoms. The fourth-order valence-corrected chi connectivity index (χ4v) is 2.24. The van der Waals surface area contributed by atoms with Gasteiger partial charge in [0.15, 0.2) is 0 Å². The molecule has 80 valence electrons. The lowest BCUT2D eigenvalue weighted by molar-refractivity contribution is 0.0694. The second-order valence-electron chi connectivity index (χ2n) is 4.48. The van der Waals surface area contributed by atoms with Crippen molar-refractivity contribution in [2.24, 2.45) is 0 Å². The summed E-state index contributed by atoms with van der Waals surface area (Å²) in [5, 5.41) is 8.97. The van der Waals surface area contributed by atoms with Crippen molar-refractivity contribution in [2.45, 2.75) is 44.2 Å². The number of aliphatic hydroxyl groups is 1. The lowest BCUT2D eigenvalue weighted by Gasteiger charge is -2.41. The van der Waals surface area contributed by atoms with E-state index in [-0.39, 0.29) is 18.2 Å². The molecule has 0 aromatic carbocycles. The zero-order chi connectivity index (χ0) is 10.2. The highest BCUT2D eigenvalue weighted by atomic mass is 16.6. The molecule has 2 rings (SSSR count).